The molecule has 1 saturated heterocycles. The fourth-order valence-electron chi connectivity index (χ4n) is 3.67. The maximum Gasteiger partial charge on any atom is 0.415 e. The van der Waals surface area contributed by atoms with Crippen LogP contribution in [-0.4, -0.2) is 49.1 Å². The molecule has 0 spiro atoms. The Morgan fingerprint density at radius 3 is 2.97 bits per heavy atom. The minimum absolute atomic E-state index is 0.154. The third-order valence-electron chi connectivity index (χ3n) is 5.26. The molecule has 2 aromatic rings. The van der Waals surface area contributed by atoms with Crippen molar-refractivity contribution in [3.05, 3.63) is 64.1 Å². The quantitative estimate of drug-likeness (QED) is 0.399. The smallest absolute Gasteiger partial charge is 0.415 e. The highest BCUT2D eigenvalue weighted by molar-refractivity contribution is 5.82. The zero-order chi connectivity index (χ0) is 23.8. The van der Waals surface area contributed by atoms with Gasteiger partial charge in [0.1, 0.15) is 11.3 Å². The third kappa shape index (κ3) is 6.34. The Kier molecular flexibility index (Phi) is 8.06. The summed E-state index contributed by atoms with van der Waals surface area (Å²) in [5, 5.41) is 6.86. The topological polar surface area (TPSA) is 101 Å². The number of terminal acetylenes is 1. The number of carbonyl (C=O) groups is 2. The molecular weight excluding hydrogens is 422 g/mol. The lowest BCUT2D eigenvalue weighted by molar-refractivity contribution is -0.120. The second-order valence-corrected chi connectivity index (χ2v) is 7.69. The fourth-order valence-corrected chi connectivity index (χ4v) is 3.67. The number of amides is 2. The molecule has 1 aliphatic rings. The van der Waals surface area contributed by atoms with Crippen LogP contribution in [0.2, 0.25) is 0 Å². The summed E-state index contributed by atoms with van der Waals surface area (Å²) in [6.45, 7) is 5.50. The Morgan fingerprint density at radius 1 is 1.39 bits per heavy atom. The lowest BCUT2D eigenvalue weighted by atomic mass is 10.1. The first-order valence-corrected chi connectivity index (χ1v) is 10.7. The van der Waals surface area contributed by atoms with Crippen LogP contribution in [0.4, 0.5) is 4.79 Å². The average molecular weight is 450 g/mol. The van der Waals surface area contributed by atoms with Gasteiger partial charge in [0, 0.05) is 43.7 Å². The van der Waals surface area contributed by atoms with E-state index < -0.39 is 11.7 Å². The van der Waals surface area contributed by atoms with Gasteiger partial charge in [0.05, 0.1) is 12.5 Å². The van der Waals surface area contributed by atoms with Crippen LogP contribution in [0.1, 0.15) is 18.9 Å². The van der Waals surface area contributed by atoms with Gasteiger partial charge in [-0.25, -0.2) is 9.59 Å². The Hall–Kier alpha value is -3.83. The van der Waals surface area contributed by atoms with Crippen molar-refractivity contribution in [2.45, 2.75) is 26.3 Å². The van der Waals surface area contributed by atoms with Gasteiger partial charge in [0.15, 0.2) is 0 Å². The normalized spacial score (nSPS) is 16.6. The van der Waals surface area contributed by atoms with Gasteiger partial charge in [-0.2, -0.15) is 0 Å². The number of hydrogen-bond donors (Lipinski definition) is 2. The van der Waals surface area contributed by atoms with Crippen LogP contribution in [-0.2, 0) is 4.79 Å². The first-order valence-electron chi connectivity index (χ1n) is 10.7. The maximum absolute atomic E-state index is 12.9. The van der Waals surface area contributed by atoms with Crippen LogP contribution in [0.15, 0.2) is 57.3 Å². The molecule has 1 unspecified atom stereocenters. The van der Waals surface area contributed by atoms with E-state index in [0.717, 1.165) is 16.5 Å². The van der Waals surface area contributed by atoms with Gasteiger partial charge >= 0.3 is 11.7 Å². The lowest BCUT2D eigenvalue weighted by Crippen LogP contribution is -2.58. The van der Waals surface area contributed by atoms with Crippen molar-refractivity contribution in [1.29, 1.82) is 0 Å². The lowest BCUT2D eigenvalue weighted by Gasteiger charge is -2.35. The third-order valence-corrected chi connectivity index (χ3v) is 5.26. The molecule has 1 aromatic heterocycles. The molecule has 0 saturated carbocycles. The predicted octanol–water partition coefficient (Wildman–Crippen LogP) is 2.52. The number of piperazine rings is 1. The molecule has 1 fully saturated rings. The van der Waals surface area contributed by atoms with Crippen LogP contribution in [0, 0.1) is 19.3 Å². The Bertz CT molecular complexity index is 1190. The molecule has 33 heavy (non-hydrogen) atoms. The summed E-state index contributed by atoms with van der Waals surface area (Å²) < 4.78 is 10.8. The van der Waals surface area contributed by atoms with Gasteiger partial charge in [-0.15, -0.1) is 6.42 Å². The highest BCUT2D eigenvalue weighted by Crippen LogP contribution is 2.23. The summed E-state index contributed by atoms with van der Waals surface area (Å²) in [6.07, 6.45) is 10.1. The second-order valence-electron chi connectivity index (χ2n) is 7.69. The number of fused-ring (bicyclic) bond motifs is 1. The van der Waals surface area contributed by atoms with Crippen molar-refractivity contribution >= 4 is 23.0 Å². The maximum atomic E-state index is 12.9. The molecule has 0 aliphatic carbocycles. The number of ether oxygens (including phenoxy) is 1. The minimum atomic E-state index is -0.535. The van der Waals surface area contributed by atoms with Crippen molar-refractivity contribution in [2.24, 2.45) is 0 Å². The van der Waals surface area contributed by atoms with E-state index in [4.69, 9.17) is 15.6 Å². The molecule has 172 valence electrons. The standard InChI is InChI=1S/C25H27N3O5/c1-4-6-18(7-5-2)13-23(29)27-16-19-15-26-10-11-28(19)25(31)32-20-8-9-21-17(3)12-24(30)33-22(21)14-20/h1,5-9,12,14,19,26H,10-11,13,15-16H2,2-3H3,(H,27,29)/b7-5-,18-6+. The molecular formula is C25H27N3O5. The van der Waals surface area contributed by atoms with E-state index in [0.29, 0.717) is 25.2 Å². The zero-order valence-corrected chi connectivity index (χ0v) is 18.7. The summed E-state index contributed by atoms with van der Waals surface area (Å²) in [5.41, 5.74) is 1.41. The average Bonchev–Trinajstić information content (AvgIpc) is 2.78. The summed E-state index contributed by atoms with van der Waals surface area (Å²) in [7, 11) is 0. The van der Waals surface area contributed by atoms with Crippen LogP contribution in [0.25, 0.3) is 11.0 Å². The second kappa shape index (κ2) is 11.2. The van der Waals surface area contributed by atoms with Crippen molar-refractivity contribution in [3.8, 4) is 18.1 Å². The first kappa shape index (κ1) is 23.8. The van der Waals surface area contributed by atoms with E-state index in [1.54, 1.807) is 29.2 Å². The van der Waals surface area contributed by atoms with Crippen molar-refractivity contribution in [2.75, 3.05) is 26.2 Å². The van der Waals surface area contributed by atoms with E-state index in [1.807, 2.05) is 19.9 Å². The fraction of sp³-hybridized carbons (Fsp3) is 0.320. The number of nitrogens with zero attached hydrogens (tertiary/aromatic N) is 1. The summed E-state index contributed by atoms with van der Waals surface area (Å²) in [5.74, 6) is 2.52. The zero-order valence-electron chi connectivity index (χ0n) is 18.7. The van der Waals surface area contributed by atoms with Crippen LogP contribution >= 0.6 is 0 Å². The predicted molar refractivity (Wildman–Crippen MR) is 126 cm³/mol. The molecule has 1 aromatic carbocycles. The number of carbonyl (C=O) groups excluding carboxylic acids is 2. The largest absolute Gasteiger partial charge is 0.423 e. The molecule has 1 aliphatic heterocycles. The van der Waals surface area contributed by atoms with E-state index in [2.05, 4.69) is 16.6 Å². The molecule has 8 nitrogen and oxygen atoms in total. The van der Waals surface area contributed by atoms with Crippen LogP contribution in [0.3, 0.4) is 0 Å². The van der Waals surface area contributed by atoms with Crippen molar-refractivity contribution in [1.82, 2.24) is 15.5 Å². The van der Waals surface area contributed by atoms with E-state index in [1.165, 1.54) is 12.1 Å². The molecule has 2 heterocycles. The molecule has 8 heteroatoms. The molecule has 1 atom stereocenters. The number of nitrogens with one attached hydrogen (secondary N) is 2. The van der Waals surface area contributed by atoms with Gasteiger partial charge in [0.25, 0.3) is 0 Å². The van der Waals surface area contributed by atoms with Gasteiger partial charge < -0.3 is 24.7 Å². The molecule has 2 amide bonds. The van der Waals surface area contributed by atoms with E-state index in [-0.39, 0.29) is 30.7 Å². The number of allylic oxidation sites excluding steroid dienone is 3. The Balaban J connectivity index is 1.65. The summed E-state index contributed by atoms with van der Waals surface area (Å²) in [6, 6.07) is 6.07. The van der Waals surface area contributed by atoms with Gasteiger partial charge in [-0.3, -0.25) is 4.79 Å². The van der Waals surface area contributed by atoms with Crippen LogP contribution < -0.4 is 21.0 Å². The van der Waals surface area contributed by atoms with E-state index >= 15 is 0 Å². The van der Waals surface area contributed by atoms with Crippen molar-refractivity contribution < 1.29 is 18.7 Å². The van der Waals surface area contributed by atoms with Gasteiger partial charge in [-0.05, 0) is 43.2 Å². The Morgan fingerprint density at radius 2 is 2.21 bits per heavy atom. The number of rotatable bonds is 6. The van der Waals surface area contributed by atoms with E-state index in [9.17, 15) is 14.4 Å². The highest BCUT2D eigenvalue weighted by atomic mass is 16.6. The molecule has 3 rings (SSSR count). The summed E-state index contributed by atoms with van der Waals surface area (Å²) >= 11 is 0. The van der Waals surface area contributed by atoms with Crippen molar-refractivity contribution in [3.63, 3.8) is 0 Å². The number of aryl methyl sites for hydroxylation is 1. The SMILES string of the molecule is C#C/C=C(\C=C/C)CC(=O)NCC1CNCCN1C(=O)Oc1ccc2c(C)cc(=O)oc2c1. The molecule has 0 bridgehead atoms. The highest BCUT2D eigenvalue weighted by Gasteiger charge is 2.28. The minimum Gasteiger partial charge on any atom is -0.423 e. The molecule has 0 radical (unpaired) electrons. The Labute approximate surface area is 192 Å². The summed E-state index contributed by atoms with van der Waals surface area (Å²) in [4.78, 5) is 38.5. The first-order chi connectivity index (χ1) is 15.9. The van der Waals surface area contributed by atoms with Gasteiger partial charge in [0.2, 0.25) is 5.91 Å². The van der Waals surface area contributed by atoms with Crippen LogP contribution in [0.5, 0.6) is 5.75 Å². The number of benzene rings is 1. The van der Waals surface area contributed by atoms with Gasteiger partial charge in [-0.1, -0.05) is 18.1 Å². The monoisotopic (exact) mass is 449 g/mol. The number of hydrogen-bond acceptors (Lipinski definition) is 6. The molecule has 2 N–H and O–H groups in total.